The number of esters is 1. The minimum Gasteiger partial charge on any atom is -0.466 e. The molecule has 0 spiro atoms. The number of aryl methyl sites for hydroxylation is 1. The van der Waals surface area contributed by atoms with Gasteiger partial charge in [-0.2, -0.15) is 0 Å². The third kappa shape index (κ3) is 8.10. The third-order valence-electron chi connectivity index (χ3n) is 5.56. The van der Waals surface area contributed by atoms with Crippen LogP contribution in [0.15, 0.2) is 84.9 Å². The minimum atomic E-state index is -0.303. The van der Waals surface area contributed by atoms with Gasteiger partial charge in [-0.15, -0.1) is 0 Å². The molecule has 0 heterocycles. The zero-order chi connectivity index (χ0) is 24.9. The second-order valence-electron chi connectivity index (χ2n) is 8.14. The van der Waals surface area contributed by atoms with Crippen molar-refractivity contribution in [3.05, 3.63) is 96.1 Å². The highest BCUT2D eigenvalue weighted by Gasteiger charge is 2.20. The molecule has 3 aromatic carbocycles. The van der Waals surface area contributed by atoms with Crippen molar-refractivity contribution in [3.63, 3.8) is 0 Å². The first-order chi connectivity index (χ1) is 17.1. The summed E-state index contributed by atoms with van der Waals surface area (Å²) in [6.07, 6.45) is 2.34. The van der Waals surface area contributed by atoms with E-state index in [2.05, 4.69) is 5.32 Å². The maximum absolute atomic E-state index is 13.2. The highest BCUT2D eigenvalue weighted by atomic mass is 16.5. The summed E-state index contributed by atoms with van der Waals surface area (Å²) in [5, 5.41) is 2.83. The summed E-state index contributed by atoms with van der Waals surface area (Å²) in [4.78, 5) is 39.4. The van der Waals surface area contributed by atoms with Crippen LogP contribution in [0.4, 0.5) is 11.4 Å². The van der Waals surface area contributed by atoms with Crippen LogP contribution < -0.4 is 10.2 Å². The summed E-state index contributed by atoms with van der Waals surface area (Å²) < 4.78 is 5.27. The number of nitrogens with one attached hydrogen (secondary N) is 1. The molecule has 0 bridgehead atoms. The van der Waals surface area contributed by atoms with Gasteiger partial charge in [0.1, 0.15) is 0 Å². The van der Waals surface area contributed by atoms with E-state index in [4.69, 9.17) is 4.74 Å². The standard InChI is InChI=1S/C29H32N2O4/c1-2-31(24-16-7-4-8-17-24)29(34)25-18-9-10-19-26(25)30-27(32)20-11-21-28(33)35-22-12-15-23-13-5-3-6-14-23/h3-10,13-14,16-19H,2,11-12,15,20-22H2,1H3,(H,30,32). The number of rotatable bonds is 12. The predicted octanol–water partition coefficient (Wildman–Crippen LogP) is 5.64. The van der Waals surface area contributed by atoms with Crippen molar-refractivity contribution in [1.82, 2.24) is 0 Å². The lowest BCUT2D eigenvalue weighted by Crippen LogP contribution is -2.31. The number of carbonyl (C=O) groups is 3. The smallest absolute Gasteiger partial charge is 0.305 e. The van der Waals surface area contributed by atoms with Gasteiger partial charge in [0, 0.05) is 25.1 Å². The van der Waals surface area contributed by atoms with Gasteiger partial charge in [0.25, 0.3) is 5.91 Å². The lowest BCUT2D eigenvalue weighted by molar-refractivity contribution is -0.143. The molecule has 35 heavy (non-hydrogen) atoms. The summed E-state index contributed by atoms with van der Waals surface area (Å²) >= 11 is 0. The molecular formula is C29H32N2O4. The number of anilines is 2. The molecule has 0 aliphatic carbocycles. The Hall–Kier alpha value is -3.93. The lowest BCUT2D eigenvalue weighted by Gasteiger charge is -2.22. The Labute approximate surface area is 206 Å². The van der Waals surface area contributed by atoms with Crippen molar-refractivity contribution >= 4 is 29.2 Å². The summed E-state index contributed by atoms with van der Waals surface area (Å²) in [7, 11) is 0. The molecule has 3 aromatic rings. The van der Waals surface area contributed by atoms with E-state index in [1.165, 1.54) is 5.56 Å². The second-order valence-corrected chi connectivity index (χ2v) is 8.14. The van der Waals surface area contributed by atoms with Crippen LogP contribution in [0.2, 0.25) is 0 Å². The summed E-state index contributed by atoms with van der Waals surface area (Å²) in [5.74, 6) is -0.735. The van der Waals surface area contributed by atoms with E-state index in [1.807, 2.05) is 67.6 Å². The van der Waals surface area contributed by atoms with Crippen molar-refractivity contribution in [2.45, 2.75) is 39.0 Å². The molecule has 1 N–H and O–H groups in total. The van der Waals surface area contributed by atoms with Crippen molar-refractivity contribution < 1.29 is 19.1 Å². The van der Waals surface area contributed by atoms with Crippen LogP contribution in [0.3, 0.4) is 0 Å². The number of benzene rings is 3. The first-order valence-corrected chi connectivity index (χ1v) is 12.0. The number of hydrogen-bond acceptors (Lipinski definition) is 4. The van der Waals surface area contributed by atoms with Crippen molar-refractivity contribution in [2.24, 2.45) is 0 Å². The predicted molar refractivity (Wildman–Crippen MR) is 138 cm³/mol. The fourth-order valence-corrected chi connectivity index (χ4v) is 3.76. The van der Waals surface area contributed by atoms with E-state index in [0.717, 1.165) is 18.5 Å². The lowest BCUT2D eigenvalue weighted by atomic mass is 10.1. The monoisotopic (exact) mass is 472 g/mol. The van der Waals surface area contributed by atoms with Gasteiger partial charge in [-0.1, -0.05) is 60.7 Å². The zero-order valence-corrected chi connectivity index (χ0v) is 20.1. The summed E-state index contributed by atoms with van der Waals surface area (Å²) in [5.41, 5.74) is 2.89. The summed E-state index contributed by atoms with van der Waals surface area (Å²) in [6, 6.07) is 26.4. The minimum absolute atomic E-state index is 0.165. The molecule has 6 heteroatoms. The molecular weight excluding hydrogens is 440 g/mol. The molecule has 0 unspecified atom stereocenters. The Morgan fingerprint density at radius 2 is 1.46 bits per heavy atom. The van der Waals surface area contributed by atoms with Gasteiger partial charge in [-0.25, -0.2) is 0 Å². The van der Waals surface area contributed by atoms with Gasteiger partial charge in [-0.3, -0.25) is 14.4 Å². The van der Waals surface area contributed by atoms with Gasteiger partial charge in [0.05, 0.1) is 17.9 Å². The molecule has 0 aliphatic heterocycles. The van der Waals surface area contributed by atoms with Gasteiger partial charge < -0.3 is 15.0 Å². The molecule has 3 rings (SSSR count). The molecule has 0 saturated heterocycles. The normalized spacial score (nSPS) is 10.4. The first kappa shape index (κ1) is 25.7. The molecule has 0 saturated carbocycles. The van der Waals surface area contributed by atoms with Crippen LogP contribution in [-0.4, -0.2) is 30.9 Å². The number of para-hydroxylation sites is 2. The van der Waals surface area contributed by atoms with Crippen molar-refractivity contribution in [1.29, 1.82) is 0 Å². The summed E-state index contributed by atoms with van der Waals surface area (Å²) in [6.45, 7) is 2.77. The number of nitrogens with zero attached hydrogens (tertiary/aromatic N) is 1. The Bertz CT molecular complexity index is 1100. The Morgan fingerprint density at radius 3 is 2.17 bits per heavy atom. The van der Waals surface area contributed by atoms with Crippen LogP contribution in [0, 0.1) is 0 Å². The van der Waals surface area contributed by atoms with E-state index < -0.39 is 0 Å². The van der Waals surface area contributed by atoms with E-state index in [-0.39, 0.29) is 30.6 Å². The van der Waals surface area contributed by atoms with Crippen LogP contribution in [0.25, 0.3) is 0 Å². The molecule has 2 amide bonds. The molecule has 0 aliphatic rings. The topological polar surface area (TPSA) is 75.7 Å². The van der Waals surface area contributed by atoms with Crippen molar-refractivity contribution in [2.75, 3.05) is 23.4 Å². The highest BCUT2D eigenvalue weighted by Crippen LogP contribution is 2.22. The molecule has 182 valence electrons. The Balaban J connectivity index is 1.44. The highest BCUT2D eigenvalue weighted by molar-refractivity contribution is 6.11. The average Bonchev–Trinajstić information content (AvgIpc) is 2.88. The van der Waals surface area contributed by atoms with Crippen LogP contribution in [0.1, 0.15) is 48.5 Å². The molecule has 0 fully saturated rings. The maximum atomic E-state index is 13.2. The van der Waals surface area contributed by atoms with E-state index >= 15 is 0 Å². The first-order valence-electron chi connectivity index (χ1n) is 12.0. The zero-order valence-electron chi connectivity index (χ0n) is 20.1. The molecule has 0 atom stereocenters. The molecule has 0 aromatic heterocycles. The number of hydrogen-bond donors (Lipinski definition) is 1. The van der Waals surface area contributed by atoms with Crippen molar-refractivity contribution in [3.8, 4) is 0 Å². The van der Waals surface area contributed by atoms with E-state index in [0.29, 0.717) is 30.8 Å². The number of carbonyl (C=O) groups excluding carboxylic acids is 3. The van der Waals surface area contributed by atoms with E-state index in [9.17, 15) is 14.4 Å². The third-order valence-corrected chi connectivity index (χ3v) is 5.56. The van der Waals surface area contributed by atoms with Gasteiger partial charge in [0.15, 0.2) is 0 Å². The molecule has 6 nitrogen and oxygen atoms in total. The Morgan fingerprint density at radius 1 is 0.800 bits per heavy atom. The van der Waals surface area contributed by atoms with Crippen LogP contribution in [-0.2, 0) is 20.7 Å². The maximum Gasteiger partial charge on any atom is 0.305 e. The fraction of sp³-hybridized carbons (Fsp3) is 0.276. The molecule has 0 radical (unpaired) electrons. The second kappa shape index (κ2) is 13.7. The van der Waals surface area contributed by atoms with Crippen LogP contribution in [0.5, 0.6) is 0 Å². The number of ether oxygens (including phenoxy) is 1. The fourth-order valence-electron chi connectivity index (χ4n) is 3.76. The largest absolute Gasteiger partial charge is 0.466 e. The van der Waals surface area contributed by atoms with Crippen LogP contribution >= 0.6 is 0 Å². The Kier molecular flexibility index (Phi) is 10.1. The van der Waals surface area contributed by atoms with Gasteiger partial charge in [0.2, 0.25) is 5.91 Å². The average molecular weight is 473 g/mol. The number of amides is 2. The van der Waals surface area contributed by atoms with E-state index in [1.54, 1.807) is 29.2 Å². The quantitative estimate of drug-likeness (QED) is 0.273. The SMILES string of the molecule is CCN(C(=O)c1ccccc1NC(=O)CCCC(=O)OCCCc1ccccc1)c1ccccc1. The van der Waals surface area contributed by atoms with Gasteiger partial charge in [-0.05, 0) is 56.0 Å². The van der Waals surface area contributed by atoms with Gasteiger partial charge >= 0.3 is 5.97 Å².